The predicted molar refractivity (Wildman–Crippen MR) is 134 cm³/mol. The number of hydrogen-bond donors (Lipinski definition) is 1. The van der Waals surface area contributed by atoms with Gasteiger partial charge in [0.2, 0.25) is 21.8 Å². The molecule has 0 aliphatic rings. The molecule has 0 saturated carbocycles. The van der Waals surface area contributed by atoms with Gasteiger partial charge in [-0.2, -0.15) is 0 Å². The fraction of sp³-hybridized carbons (Fsp3) is 0.440. The number of anilines is 1. The maximum Gasteiger partial charge on any atom is 0.242 e. The topological polar surface area (TPSA) is 96.0 Å². The van der Waals surface area contributed by atoms with Crippen molar-refractivity contribution in [1.29, 1.82) is 0 Å². The number of carbonyl (C=O) groups is 2. The third-order valence-corrected chi connectivity index (χ3v) is 6.67. The van der Waals surface area contributed by atoms with E-state index in [1.807, 2.05) is 50.2 Å². The van der Waals surface area contributed by atoms with Crippen LogP contribution in [0.2, 0.25) is 0 Å². The van der Waals surface area contributed by atoms with Crippen molar-refractivity contribution in [3.8, 4) is 5.75 Å². The molecule has 0 fully saturated rings. The number of likely N-dealkylation sites (N-methyl/N-ethyl adjacent to an activating group) is 1. The molecular formula is C25H35N3O5S. The average Bonchev–Trinajstić information content (AvgIpc) is 2.80. The normalized spacial score (nSPS) is 12.0. The molecule has 0 bridgehead atoms. The second kappa shape index (κ2) is 12.4. The van der Waals surface area contributed by atoms with Crippen molar-refractivity contribution in [3.63, 3.8) is 0 Å². The molecule has 2 aromatic carbocycles. The molecule has 0 aromatic heterocycles. The highest BCUT2D eigenvalue weighted by atomic mass is 32.2. The van der Waals surface area contributed by atoms with E-state index < -0.39 is 16.1 Å². The number of amides is 2. The van der Waals surface area contributed by atoms with Crippen molar-refractivity contribution in [2.75, 3.05) is 30.8 Å². The van der Waals surface area contributed by atoms with Crippen LogP contribution in [0.15, 0.2) is 48.5 Å². The quantitative estimate of drug-likeness (QED) is 0.494. The molecular weight excluding hydrogens is 454 g/mol. The number of carbonyl (C=O) groups excluding carboxylic acids is 2. The maximum atomic E-state index is 13.2. The maximum absolute atomic E-state index is 13.2. The van der Waals surface area contributed by atoms with E-state index in [2.05, 4.69) is 5.32 Å². The third kappa shape index (κ3) is 7.76. The zero-order valence-electron chi connectivity index (χ0n) is 20.6. The fourth-order valence-electron chi connectivity index (χ4n) is 3.59. The van der Waals surface area contributed by atoms with Gasteiger partial charge in [-0.15, -0.1) is 0 Å². The average molecular weight is 490 g/mol. The molecule has 8 nitrogen and oxygen atoms in total. The monoisotopic (exact) mass is 489 g/mol. The zero-order valence-corrected chi connectivity index (χ0v) is 21.4. The molecule has 34 heavy (non-hydrogen) atoms. The first-order valence-corrected chi connectivity index (χ1v) is 13.2. The smallest absolute Gasteiger partial charge is 0.242 e. The Kier molecular flexibility index (Phi) is 9.92. The molecule has 9 heteroatoms. The number of sulfonamides is 1. The summed E-state index contributed by atoms with van der Waals surface area (Å²) < 4.78 is 31.3. The SMILES string of the molecule is CCNC(=O)[C@H](C)N(Cc1cccc(OC)c1)C(=O)CCCN(c1ccc(C)cc1)S(C)(=O)=O. The lowest BCUT2D eigenvalue weighted by atomic mass is 10.1. The summed E-state index contributed by atoms with van der Waals surface area (Å²) in [6, 6.07) is 13.9. The lowest BCUT2D eigenvalue weighted by molar-refractivity contribution is -0.140. The summed E-state index contributed by atoms with van der Waals surface area (Å²) in [4.78, 5) is 27.2. The van der Waals surface area contributed by atoms with Crippen molar-refractivity contribution in [3.05, 3.63) is 59.7 Å². The van der Waals surface area contributed by atoms with E-state index in [-0.39, 0.29) is 31.3 Å². The van der Waals surface area contributed by atoms with Gasteiger partial charge in [0, 0.05) is 26.1 Å². The van der Waals surface area contributed by atoms with E-state index in [4.69, 9.17) is 4.74 Å². The molecule has 0 unspecified atom stereocenters. The van der Waals surface area contributed by atoms with Crippen molar-refractivity contribution in [1.82, 2.24) is 10.2 Å². The minimum Gasteiger partial charge on any atom is -0.497 e. The molecule has 186 valence electrons. The van der Waals surface area contributed by atoms with E-state index in [0.29, 0.717) is 24.4 Å². The number of benzene rings is 2. The van der Waals surface area contributed by atoms with Gasteiger partial charge in [0.25, 0.3) is 0 Å². The van der Waals surface area contributed by atoms with Crippen LogP contribution in [0, 0.1) is 6.92 Å². The summed E-state index contributed by atoms with van der Waals surface area (Å²) in [5, 5.41) is 2.76. The largest absolute Gasteiger partial charge is 0.497 e. The second-order valence-electron chi connectivity index (χ2n) is 8.22. The first-order chi connectivity index (χ1) is 16.1. The van der Waals surface area contributed by atoms with Crippen LogP contribution in [0.5, 0.6) is 5.75 Å². The Morgan fingerprint density at radius 2 is 1.79 bits per heavy atom. The van der Waals surface area contributed by atoms with Crippen LogP contribution >= 0.6 is 0 Å². The van der Waals surface area contributed by atoms with Gasteiger partial charge in [0.05, 0.1) is 19.1 Å². The van der Waals surface area contributed by atoms with Crippen LogP contribution in [-0.4, -0.2) is 57.6 Å². The standard InChI is InChI=1S/C25H35N3O5S/c1-6-26-25(30)20(3)27(18-21-9-7-10-23(17-21)33-4)24(29)11-8-16-28(34(5,31)32)22-14-12-19(2)13-15-22/h7,9-10,12-15,17,20H,6,8,11,16,18H2,1-5H3,(H,26,30)/t20-/m0/s1. The predicted octanol–water partition coefficient (Wildman–Crippen LogP) is 3.10. The molecule has 0 spiro atoms. The molecule has 1 atom stereocenters. The Labute approximate surface area is 202 Å². The molecule has 2 amide bonds. The van der Waals surface area contributed by atoms with Gasteiger partial charge in [-0.1, -0.05) is 29.8 Å². The molecule has 1 N–H and O–H groups in total. The fourth-order valence-corrected chi connectivity index (χ4v) is 4.55. The van der Waals surface area contributed by atoms with Crippen LogP contribution in [-0.2, 0) is 26.2 Å². The van der Waals surface area contributed by atoms with Gasteiger partial charge in [0.15, 0.2) is 0 Å². The van der Waals surface area contributed by atoms with Gasteiger partial charge >= 0.3 is 0 Å². The third-order valence-electron chi connectivity index (χ3n) is 5.48. The van der Waals surface area contributed by atoms with Gasteiger partial charge < -0.3 is 15.0 Å². The number of rotatable bonds is 12. The van der Waals surface area contributed by atoms with Crippen molar-refractivity contribution >= 4 is 27.5 Å². The minimum absolute atomic E-state index is 0.103. The number of aryl methyl sites for hydroxylation is 1. The van der Waals surface area contributed by atoms with E-state index in [9.17, 15) is 18.0 Å². The first kappa shape index (κ1) is 27.2. The molecule has 0 aliphatic heterocycles. The number of ether oxygens (including phenoxy) is 1. The van der Waals surface area contributed by atoms with Crippen molar-refractivity contribution in [2.24, 2.45) is 0 Å². The summed E-state index contributed by atoms with van der Waals surface area (Å²) in [5.74, 6) is 0.201. The highest BCUT2D eigenvalue weighted by molar-refractivity contribution is 7.92. The number of nitrogens with one attached hydrogen (secondary N) is 1. The van der Waals surface area contributed by atoms with Crippen molar-refractivity contribution in [2.45, 2.75) is 46.2 Å². The lowest BCUT2D eigenvalue weighted by Crippen LogP contribution is -2.47. The Morgan fingerprint density at radius 1 is 1.12 bits per heavy atom. The molecule has 0 heterocycles. The lowest BCUT2D eigenvalue weighted by Gasteiger charge is -2.29. The highest BCUT2D eigenvalue weighted by Gasteiger charge is 2.26. The highest BCUT2D eigenvalue weighted by Crippen LogP contribution is 2.20. The summed E-state index contributed by atoms with van der Waals surface area (Å²) in [7, 11) is -1.94. The van der Waals surface area contributed by atoms with E-state index in [0.717, 1.165) is 17.4 Å². The van der Waals surface area contributed by atoms with Gasteiger partial charge in [-0.05, 0) is 57.0 Å². The Balaban J connectivity index is 2.16. The number of hydrogen-bond acceptors (Lipinski definition) is 5. The Hall–Kier alpha value is -3.07. The van der Waals surface area contributed by atoms with Crippen LogP contribution in [0.1, 0.15) is 37.8 Å². The van der Waals surface area contributed by atoms with E-state index >= 15 is 0 Å². The second-order valence-corrected chi connectivity index (χ2v) is 10.1. The number of methoxy groups -OCH3 is 1. The van der Waals surface area contributed by atoms with Crippen molar-refractivity contribution < 1.29 is 22.7 Å². The molecule has 0 saturated heterocycles. The Bertz CT molecular complexity index is 1070. The number of nitrogens with zero attached hydrogens (tertiary/aromatic N) is 2. The van der Waals surface area contributed by atoms with Crippen LogP contribution in [0.4, 0.5) is 5.69 Å². The minimum atomic E-state index is -3.51. The van der Waals surface area contributed by atoms with Crippen LogP contribution < -0.4 is 14.4 Å². The zero-order chi connectivity index (χ0) is 25.3. The Morgan fingerprint density at radius 3 is 2.38 bits per heavy atom. The van der Waals surface area contributed by atoms with Gasteiger partial charge in [-0.25, -0.2) is 8.42 Å². The summed E-state index contributed by atoms with van der Waals surface area (Å²) in [5.41, 5.74) is 2.42. The van der Waals surface area contributed by atoms with E-state index in [1.165, 1.54) is 9.21 Å². The molecule has 2 rings (SSSR count). The first-order valence-electron chi connectivity index (χ1n) is 11.3. The molecule has 2 aromatic rings. The summed E-state index contributed by atoms with van der Waals surface area (Å²) in [6.45, 7) is 6.31. The van der Waals surface area contributed by atoms with Crippen LogP contribution in [0.3, 0.4) is 0 Å². The molecule has 0 aliphatic carbocycles. The van der Waals surface area contributed by atoms with E-state index in [1.54, 1.807) is 26.2 Å². The molecule has 0 radical (unpaired) electrons. The van der Waals surface area contributed by atoms with Gasteiger partial charge in [-0.3, -0.25) is 13.9 Å². The summed E-state index contributed by atoms with van der Waals surface area (Å²) >= 11 is 0. The van der Waals surface area contributed by atoms with Crippen LogP contribution in [0.25, 0.3) is 0 Å². The van der Waals surface area contributed by atoms with Gasteiger partial charge in [0.1, 0.15) is 11.8 Å². The summed E-state index contributed by atoms with van der Waals surface area (Å²) in [6.07, 6.45) is 1.57.